The molecule has 8 heteroatoms. The van der Waals surface area contributed by atoms with Crippen molar-refractivity contribution in [3.8, 4) is 0 Å². The number of nitrogens with zero attached hydrogens (tertiary/aromatic N) is 2. The van der Waals surface area contributed by atoms with Crippen molar-refractivity contribution in [2.75, 3.05) is 17.3 Å². The number of carbonyl (C=O) groups is 1. The summed E-state index contributed by atoms with van der Waals surface area (Å²) >= 11 is 3.15. The second-order valence-corrected chi connectivity index (χ2v) is 6.34. The lowest BCUT2D eigenvalue weighted by molar-refractivity contribution is -0.117. The number of hydrogen-bond donors (Lipinski definition) is 3. The van der Waals surface area contributed by atoms with Gasteiger partial charge in [-0.2, -0.15) is 16.9 Å². The van der Waals surface area contributed by atoms with Gasteiger partial charge in [0.05, 0.1) is 6.04 Å². The van der Waals surface area contributed by atoms with Crippen LogP contribution in [0.3, 0.4) is 0 Å². The highest BCUT2D eigenvalue weighted by atomic mass is 32.2. The zero-order chi connectivity index (χ0) is 15.1. The summed E-state index contributed by atoms with van der Waals surface area (Å²) in [7, 11) is 0. The molecule has 2 rings (SSSR count). The van der Waals surface area contributed by atoms with E-state index in [1.165, 1.54) is 18.1 Å². The van der Waals surface area contributed by atoms with Crippen molar-refractivity contribution >= 4 is 35.1 Å². The molecule has 112 valence electrons. The Morgan fingerprint density at radius 1 is 1.43 bits per heavy atom. The molecule has 1 atom stereocenters. The van der Waals surface area contributed by atoms with Crippen LogP contribution in [0.2, 0.25) is 0 Å². The molecule has 0 aliphatic heterocycles. The van der Waals surface area contributed by atoms with Gasteiger partial charge in [0.15, 0.2) is 5.16 Å². The van der Waals surface area contributed by atoms with Crippen molar-refractivity contribution in [1.82, 2.24) is 15.2 Å². The Labute approximate surface area is 131 Å². The SMILES string of the molecule is CSCC[C@H](N)C(=O)Nc1ccc(Sc2ncn[nH]2)cc1. The van der Waals surface area contributed by atoms with Gasteiger partial charge < -0.3 is 11.1 Å². The van der Waals surface area contributed by atoms with E-state index < -0.39 is 6.04 Å². The molecular weight excluding hydrogens is 306 g/mol. The first-order valence-corrected chi connectivity index (χ1v) is 8.58. The highest BCUT2D eigenvalue weighted by Crippen LogP contribution is 2.25. The van der Waals surface area contributed by atoms with Gasteiger partial charge in [0, 0.05) is 10.6 Å². The molecular formula is C13H17N5OS2. The average molecular weight is 323 g/mol. The summed E-state index contributed by atoms with van der Waals surface area (Å²) in [5.41, 5.74) is 6.56. The number of nitrogens with one attached hydrogen (secondary N) is 2. The zero-order valence-electron chi connectivity index (χ0n) is 11.6. The van der Waals surface area contributed by atoms with E-state index in [-0.39, 0.29) is 5.91 Å². The first kappa shape index (κ1) is 15.9. The van der Waals surface area contributed by atoms with Gasteiger partial charge in [0.1, 0.15) is 6.33 Å². The van der Waals surface area contributed by atoms with Crippen molar-refractivity contribution in [2.24, 2.45) is 5.73 Å². The maximum atomic E-state index is 11.9. The van der Waals surface area contributed by atoms with Crippen molar-refractivity contribution in [1.29, 1.82) is 0 Å². The van der Waals surface area contributed by atoms with Gasteiger partial charge in [-0.25, -0.2) is 4.98 Å². The van der Waals surface area contributed by atoms with E-state index in [0.29, 0.717) is 6.42 Å². The third-order valence-corrected chi connectivity index (χ3v) is 4.24. The van der Waals surface area contributed by atoms with Gasteiger partial charge in [-0.3, -0.25) is 9.89 Å². The number of benzene rings is 1. The number of H-pyrrole nitrogens is 1. The molecule has 0 aliphatic carbocycles. The van der Waals surface area contributed by atoms with E-state index in [4.69, 9.17) is 5.73 Å². The number of rotatable bonds is 7. The molecule has 0 spiro atoms. The minimum Gasteiger partial charge on any atom is -0.325 e. The fourth-order valence-corrected chi connectivity index (χ4v) is 2.76. The van der Waals surface area contributed by atoms with Crippen LogP contribution < -0.4 is 11.1 Å². The predicted octanol–water partition coefficient (Wildman–Crippen LogP) is 1.97. The topological polar surface area (TPSA) is 96.7 Å². The second-order valence-electron chi connectivity index (χ2n) is 4.29. The Bertz CT molecular complexity index is 558. The average Bonchev–Trinajstić information content (AvgIpc) is 2.99. The lowest BCUT2D eigenvalue weighted by Gasteiger charge is -2.11. The molecule has 0 radical (unpaired) electrons. The fraction of sp³-hybridized carbons (Fsp3) is 0.308. The number of nitrogens with two attached hydrogens (primary N) is 1. The molecule has 0 bridgehead atoms. The van der Waals surface area contributed by atoms with E-state index in [0.717, 1.165) is 21.5 Å². The predicted molar refractivity (Wildman–Crippen MR) is 86.6 cm³/mol. The first-order chi connectivity index (χ1) is 10.2. The Morgan fingerprint density at radius 3 is 2.81 bits per heavy atom. The second kappa shape index (κ2) is 8.06. The van der Waals surface area contributed by atoms with Gasteiger partial charge in [0.25, 0.3) is 0 Å². The summed E-state index contributed by atoms with van der Waals surface area (Å²) in [4.78, 5) is 16.9. The van der Waals surface area contributed by atoms with Gasteiger partial charge in [-0.05, 0) is 42.7 Å². The third-order valence-electron chi connectivity index (χ3n) is 2.70. The minimum absolute atomic E-state index is 0.153. The Hall–Kier alpha value is -1.51. The lowest BCUT2D eigenvalue weighted by Crippen LogP contribution is -2.36. The van der Waals surface area contributed by atoms with Crippen LogP contribution in [0.4, 0.5) is 5.69 Å². The van der Waals surface area contributed by atoms with Crippen molar-refractivity contribution in [2.45, 2.75) is 22.5 Å². The van der Waals surface area contributed by atoms with Crippen molar-refractivity contribution < 1.29 is 4.79 Å². The normalized spacial score (nSPS) is 12.1. The maximum absolute atomic E-state index is 11.9. The van der Waals surface area contributed by atoms with Gasteiger partial charge in [0.2, 0.25) is 5.91 Å². The van der Waals surface area contributed by atoms with Gasteiger partial charge in [-0.15, -0.1) is 0 Å². The monoisotopic (exact) mass is 323 g/mol. The number of aromatic amines is 1. The van der Waals surface area contributed by atoms with Crippen LogP contribution in [-0.2, 0) is 4.79 Å². The van der Waals surface area contributed by atoms with Crippen LogP contribution in [0.15, 0.2) is 40.6 Å². The Morgan fingerprint density at radius 2 is 2.19 bits per heavy atom. The Balaban J connectivity index is 1.88. The molecule has 4 N–H and O–H groups in total. The van der Waals surface area contributed by atoms with E-state index in [1.54, 1.807) is 11.8 Å². The summed E-state index contributed by atoms with van der Waals surface area (Å²) in [5.74, 6) is 0.723. The number of anilines is 1. The molecule has 0 saturated carbocycles. The molecule has 1 amide bonds. The van der Waals surface area contributed by atoms with Gasteiger partial charge >= 0.3 is 0 Å². The smallest absolute Gasteiger partial charge is 0.241 e. The quantitative estimate of drug-likeness (QED) is 0.721. The molecule has 0 saturated heterocycles. The summed E-state index contributed by atoms with van der Waals surface area (Å²) in [6.07, 6.45) is 4.13. The van der Waals surface area contributed by atoms with E-state index >= 15 is 0 Å². The van der Waals surface area contributed by atoms with Crippen LogP contribution >= 0.6 is 23.5 Å². The summed E-state index contributed by atoms with van der Waals surface area (Å²) in [6, 6.07) is 7.04. The summed E-state index contributed by atoms with van der Waals surface area (Å²) in [6.45, 7) is 0. The van der Waals surface area contributed by atoms with Crippen LogP contribution in [0.5, 0.6) is 0 Å². The highest BCUT2D eigenvalue weighted by molar-refractivity contribution is 7.99. The molecule has 21 heavy (non-hydrogen) atoms. The van der Waals surface area contributed by atoms with Crippen molar-refractivity contribution in [3.63, 3.8) is 0 Å². The number of aromatic nitrogens is 3. The molecule has 0 fully saturated rings. The molecule has 1 aromatic carbocycles. The standard InChI is InChI=1S/C13H17N5OS2/c1-20-7-6-11(14)12(19)17-9-2-4-10(5-3-9)21-13-15-8-16-18-13/h2-5,8,11H,6-7,14H2,1H3,(H,17,19)(H,15,16,18)/t11-/m0/s1. The fourth-order valence-electron chi connectivity index (χ4n) is 1.57. The first-order valence-electron chi connectivity index (χ1n) is 6.37. The maximum Gasteiger partial charge on any atom is 0.241 e. The number of hydrogen-bond acceptors (Lipinski definition) is 6. The molecule has 1 heterocycles. The van der Waals surface area contributed by atoms with E-state index in [1.807, 2.05) is 30.5 Å². The molecule has 0 aliphatic rings. The molecule has 0 unspecified atom stereocenters. The third kappa shape index (κ3) is 5.07. The number of amides is 1. The Kier molecular flexibility index (Phi) is 6.09. The van der Waals surface area contributed by atoms with Crippen molar-refractivity contribution in [3.05, 3.63) is 30.6 Å². The molecule has 6 nitrogen and oxygen atoms in total. The van der Waals surface area contributed by atoms with Crippen LogP contribution in [0.25, 0.3) is 0 Å². The lowest BCUT2D eigenvalue weighted by atomic mass is 10.2. The van der Waals surface area contributed by atoms with Crippen LogP contribution in [0.1, 0.15) is 6.42 Å². The van der Waals surface area contributed by atoms with Crippen LogP contribution in [0, 0.1) is 0 Å². The molecule has 1 aromatic heterocycles. The number of carbonyl (C=O) groups excluding carboxylic acids is 1. The van der Waals surface area contributed by atoms with E-state index in [9.17, 15) is 4.79 Å². The summed E-state index contributed by atoms with van der Waals surface area (Å²) in [5, 5.41) is 10.1. The number of thioether (sulfide) groups is 1. The van der Waals surface area contributed by atoms with Gasteiger partial charge in [-0.1, -0.05) is 11.8 Å². The highest BCUT2D eigenvalue weighted by Gasteiger charge is 2.12. The van der Waals surface area contributed by atoms with Crippen LogP contribution in [-0.4, -0.2) is 39.1 Å². The van der Waals surface area contributed by atoms with E-state index in [2.05, 4.69) is 20.5 Å². The molecule has 2 aromatic rings. The summed E-state index contributed by atoms with van der Waals surface area (Å²) < 4.78 is 0. The zero-order valence-corrected chi connectivity index (χ0v) is 13.2. The largest absolute Gasteiger partial charge is 0.325 e. The minimum atomic E-state index is -0.472.